The predicted molar refractivity (Wildman–Crippen MR) is 62.4 cm³/mol. The molecule has 1 aliphatic rings. The maximum atomic E-state index is 2.43. The van der Waals surface area contributed by atoms with Crippen LogP contribution < -0.4 is 4.57 Å². The first-order valence-corrected chi connectivity index (χ1v) is 5.53. The number of rotatable bonds is 1. The summed E-state index contributed by atoms with van der Waals surface area (Å²) in [5, 5.41) is 0. The first-order chi connectivity index (χ1) is 7.22. The van der Waals surface area contributed by atoms with Crippen LogP contribution in [0.3, 0.4) is 0 Å². The summed E-state index contributed by atoms with van der Waals surface area (Å²) in [5.41, 5.74) is 0. The first-order valence-electron chi connectivity index (χ1n) is 5.53. The van der Waals surface area contributed by atoms with E-state index in [1.54, 1.807) is 0 Å². The summed E-state index contributed by atoms with van der Waals surface area (Å²) in [6.07, 6.45) is 4.00. The smallest absolute Gasteiger partial charge is 0.168 e. The zero-order valence-corrected chi connectivity index (χ0v) is 10.1. The Balaban J connectivity index is 0.000000151. The van der Waals surface area contributed by atoms with E-state index in [0.29, 0.717) is 0 Å². The highest BCUT2D eigenvalue weighted by Crippen LogP contribution is 1.98. The molecule has 15 heavy (non-hydrogen) atoms. The van der Waals surface area contributed by atoms with Crippen molar-refractivity contribution in [1.29, 1.82) is 0 Å². The van der Waals surface area contributed by atoms with Gasteiger partial charge in [-0.2, -0.15) is 0 Å². The van der Waals surface area contributed by atoms with Crippen LogP contribution in [0, 0.1) is 0 Å². The number of pyridine rings is 1. The molecule has 1 aromatic heterocycles. The van der Waals surface area contributed by atoms with Gasteiger partial charge in [0.2, 0.25) is 0 Å². The summed E-state index contributed by atoms with van der Waals surface area (Å²) < 4.78 is 2.00. The Morgan fingerprint density at radius 1 is 1.13 bits per heavy atom. The van der Waals surface area contributed by atoms with E-state index < -0.39 is 0 Å². The van der Waals surface area contributed by atoms with Crippen molar-refractivity contribution in [2.24, 2.45) is 7.05 Å². The first kappa shape index (κ1) is 12.1. The van der Waals surface area contributed by atoms with Gasteiger partial charge in [-0.25, -0.2) is 4.57 Å². The monoisotopic (exact) mass is 208 g/mol. The Bertz CT molecular complexity index is 261. The lowest BCUT2D eigenvalue weighted by atomic mass is 10.5. The van der Waals surface area contributed by atoms with E-state index in [0.717, 1.165) is 6.67 Å². The lowest BCUT2D eigenvalue weighted by Gasteiger charge is -2.10. The third-order valence-corrected chi connectivity index (χ3v) is 2.55. The van der Waals surface area contributed by atoms with Gasteiger partial charge in [0, 0.05) is 25.2 Å². The Labute approximate surface area is 92.9 Å². The summed E-state index contributed by atoms with van der Waals surface area (Å²) in [7, 11) is 4.16. The largest absolute Gasteiger partial charge is 0.292 e. The topological polar surface area (TPSA) is 10.4 Å². The molecule has 0 unspecified atom stereocenters. The molecule has 3 heteroatoms. The summed E-state index contributed by atoms with van der Waals surface area (Å²) in [6.45, 7) is 7.07. The molecule has 0 aromatic carbocycles. The minimum Gasteiger partial charge on any atom is -0.292 e. The van der Waals surface area contributed by atoms with Gasteiger partial charge in [0.25, 0.3) is 0 Å². The minimum atomic E-state index is 1.16. The van der Waals surface area contributed by atoms with Crippen molar-refractivity contribution in [1.82, 2.24) is 9.80 Å². The number of aryl methyl sites for hydroxylation is 1. The van der Waals surface area contributed by atoms with E-state index in [1.807, 2.05) is 42.2 Å². The Kier molecular flexibility index (Phi) is 5.29. The molecule has 84 valence electrons. The third kappa shape index (κ3) is 4.91. The fraction of sp³-hybridized carbons (Fsp3) is 0.583. The molecule has 0 atom stereocenters. The van der Waals surface area contributed by atoms with Gasteiger partial charge in [0.05, 0.1) is 6.67 Å². The molecule has 0 N–H and O–H groups in total. The van der Waals surface area contributed by atoms with E-state index in [1.165, 1.54) is 19.6 Å². The molecule has 1 saturated heterocycles. The second-order valence-corrected chi connectivity index (χ2v) is 3.97. The van der Waals surface area contributed by atoms with E-state index in [9.17, 15) is 0 Å². The minimum absolute atomic E-state index is 1.16. The molecule has 0 aliphatic carbocycles. The van der Waals surface area contributed by atoms with E-state index in [-0.39, 0.29) is 0 Å². The van der Waals surface area contributed by atoms with Gasteiger partial charge < -0.3 is 0 Å². The van der Waals surface area contributed by atoms with Gasteiger partial charge in [-0.05, 0) is 13.6 Å². The van der Waals surface area contributed by atoms with Crippen LogP contribution in [0.1, 0.15) is 6.92 Å². The predicted octanol–water partition coefficient (Wildman–Crippen LogP) is 0.722. The maximum Gasteiger partial charge on any atom is 0.168 e. The molecule has 0 bridgehead atoms. The zero-order valence-electron chi connectivity index (χ0n) is 10.1. The molecule has 3 nitrogen and oxygen atoms in total. The van der Waals surface area contributed by atoms with Gasteiger partial charge in [0.1, 0.15) is 7.05 Å². The highest BCUT2D eigenvalue weighted by molar-refractivity contribution is 4.83. The van der Waals surface area contributed by atoms with Crippen molar-refractivity contribution < 1.29 is 4.57 Å². The van der Waals surface area contributed by atoms with Crippen molar-refractivity contribution in [3.05, 3.63) is 30.6 Å². The van der Waals surface area contributed by atoms with Crippen molar-refractivity contribution in [3.63, 3.8) is 0 Å². The molecular weight excluding hydrogens is 186 g/mol. The lowest BCUT2D eigenvalue weighted by Crippen LogP contribution is -2.25. The van der Waals surface area contributed by atoms with Crippen LogP contribution in [0.25, 0.3) is 0 Å². The van der Waals surface area contributed by atoms with E-state index in [2.05, 4.69) is 23.8 Å². The lowest BCUT2D eigenvalue weighted by molar-refractivity contribution is -0.671. The highest BCUT2D eigenvalue weighted by Gasteiger charge is 2.12. The van der Waals surface area contributed by atoms with Crippen LogP contribution in [0.15, 0.2) is 30.6 Å². The molecule has 1 aromatic rings. The van der Waals surface area contributed by atoms with Crippen LogP contribution in [-0.2, 0) is 7.05 Å². The summed E-state index contributed by atoms with van der Waals surface area (Å²) in [5.74, 6) is 0. The molecular formula is C12H22N3+. The number of likely N-dealkylation sites (N-methyl/N-ethyl adjacent to an activating group) is 2. The standard InChI is InChI=1S/C6H14N2.C6H8N/c1-3-8-5-4-7(2)6-8;1-7-5-3-2-4-6-7/h3-6H2,1-2H3;2-6H,1H3/q;+1. The van der Waals surface area contributed by atoms with E-state index in [4.69, 9.17) is 0 Å². The molecule has 2 rings (SSSR count). The Morgan fingerprint density at radius 3 is 2.07 bits per heavy atom. The van der Waals surface area contributed by atoms with E-state index >= 15 is 0 Å². The van der Waals surface area contributed by atoms with Gasteiger partial charge >= 0.3 is 0 Å². The molecule has 0 spiro atoms. The maximum absolute atomic E-state index is 2.43. The summed E-state index contributed by atoms with van der Waals surface area (Å²) >= 11 is 0. The zero-order chi connectivity index (χ0) is 11.1. The normalized spacial score (nSPS) is 17.3. The van der Waals surface area contributed by atoms with Crippen LogP contribution >= 0.6 is 0 Å². The number of hydrogen-bond donors (Lipinski definition) is 0. The molecule has 0 amide bonds. The second-order valence-electron chi connectivity index (χ2n) is 3.97. The van der Waals surface area contributed by atoms with Crippen molar-refractivity contribution in [2.45, 2.75) is 6.92 Å². The quantitative estimate of drug-likeness (QED) is 0.630. The number of hydrogen-bond acceptors (Lipinski definition) is 2. The van der Waals surface area contributed by atoms with Crippen LogP contribution in [0.5, 0.6) is 0 Å². The molecule has 0 saturated carbocycles. The van der Waals surface area contributed by atoms with Gasteiger partial charge in [0.15, 0.2) is 12.4 Å². The number of nitrogens with zero attached hydrogens (tertiary/aromatic N) is 3. The van der Waals surface area contributed by atoms with Crippen LogP contribution in [-0.4, -0.2) is 43.2 Å². The number of aromatic nitrogens is 1. The second kappa shape index (κ2) is 6.53. The fourth-order valence-corrected chi connectivity index (χ4v) is 1.54. The molecule has 0 radical (unpaired) electrons. The van der Waals surface area contributed by atoms with Crippen LogP contribution in [0.2, 0.25) is 0 Å². The van der Waals surface area contributed by atoms with Gasteiger partial charge in [-0.15, -0.1) is 0 Å². The summed E-state index contributed by atoms with van der Waals surface area (Å²) in [4.78, 5) is 4.77. The average molecular weight is 208 g/mol. The summed E-state index contributed by atoms with van der Waals surface area (Å²) in [6, 6.07) is 6.00. The molecule has 1 fully saturated rings. The van der Waals surface area contributed by atoms with Crippen molar-refractivity contribution in [3.8, 4) is 0 Å². The molecule has 1 aliphatic heterocycles. The average Bonchev–Trinajstić information content (AvgIpc) is 2.66. The SMILES string of the molecule is CCN1CCN(C)C1.C[n+]1ccccc1. The van der Waals surface area contributed by atoms with Crippen molar-refractivity contribution in [2.75, 3.05) is 33.4 Å². The third-order valence-electron chi connectivity index (χ3n) is 2.55. The van der Waals surface area contributed by atoms with Gasteiger partial charge in [-0.1, -0.05) is 13.0 Å². The highest BCUT2D eigenvalue weighted by atomic mass is 15.4. The molecule has 2 heterocycles. The Hall–Kier alpha value is -0.930. The van der Waals surface area contributed by atoms with Crippen LogP contribution in [0.4, 0.5) is 0 Å². The van der Waals surface area contributed by atoms with Crippen molar-refractivity contribution >= 4 is 0 Å². The Morgan fingerprint density at radius 2 is 1.80 bits per heavy atom. The fourth-order valence-electron chi connectivity index (χ4n) is 1.54. The van der Waals surface area contributed by atoms with Gasteiger partial charge in [-0.3, -0.25) is 9.80 Å².